The molecule has 1 heteroatoms. The largest absolute Gasteiger partial charge is 0.299 e. The molecular weight excluding hydrogens is 316 g/mol. The quantitative estimate of drug-likeness (QED) is 0.328. The van der Waals surface area contributed by atoms with Crippen molar-refractivity contribution >= 4 is 5.78 Å². The van der Waals surface area contributed by atoms with Gasteiger partial charge in [-0.3, -0.25) is 4.79 Å². The van der Waals surface area contributed by atoms with Crippen LogP contribution in [0.1, 0.15) is 65.9 Å². The fraction of sp³-hybridized carbons (Fsp3) is 0.440. The van der Waals surface area contributed by atoms with Crippen molar-refractivity contribution in [1.29, 1.82) is 0 Å². The summed E-state index contributed by atoms with van der Waals surface area (Å²) in [6.07, 6.45) is 11.6. The maximum Gasteiger partial charge on any atom is 0.137 e. The summed E-state index contributed by atoms with van der Waals surface area (Å²) in [4.78, 5) is 11.9. The Labute approximate surface area is 160 Å². The second-order valence-electron chi connectivity index (χ2n) is 7.41. The minimum atomic E-state index is -0.0892. The molecule has 0 amide bonds. The topological polar surface area (TPSA) is 17.1 Å². The lowest BCUT2D eigenvalue weighted by atomic mass is 9.95. The summed E-state index contributed by atoms with van der Waals surface area (Å²) in [7, 11) is 0. The van der Waals surface area contributed by atoms with Crippen LogP contribution in [0, 0.1) is 5.92 Å². The van der Waals surface area contributed by atoms with Crippen molar-refractivity contribution in [1.82, 2.24) is 0 Å². The van der Waals surface area contributed by atoms with Crippen LogP contribution in [0.5, 0.6) is 0 Å². The number of Topliss-reactive ketones (excluding diaryl/α,β-unsaturated/α-hetero) is 1. The molecule has 0 aliphatic heterocycles. The molecule has 1 nitrogen and oxygen atoms in total. The number of hydrogen-bond acceptors (Lipinski definition) is 1. The summed E-state index contributed by atoms with van der Waals surface area (Å²) < 4.78 is 0. The molecule has 1 aromatic carbocycles. The molecule has 140 valence electrons. The third-order valence-corrected chi connectivity index (χ3v) is 4.45. The molecule has 0 saturated heterocycles. The SMILES string of the molecule is CC(=O)C(C=C=C(C)CCC=C(C)CCC=C(C)C)Cc1ccccc1. The highest BCUT2D eigenvalue weighted by molar-refractivity contribution is 5.80. The zero-order valence-electron chi connectivity index (χ0n) is 17.1. The van der Waals surface area contributed by atoms with E-state index in [1.165, 1.54) is 22.3 Å². The van der Waals surface area contributed by atoms with E-state index in [4.69, 9.17) is 0 Å². The van der Waals surface area contributed by atoms with E-state index in [0.717, 1.165) is 32.1 Å². The lowest BCUT2D eigenvalue weighted by Gasteiger charge is -2.08. The minimum Gasteiger partial charge on any atom is -0.299 e. The third kappa shape index (κ3) is 10.0. The fourth-order valence-electron chi connectivity index (χ4n) is 2.73. The molecule has 0 saturated carbocycles. The first-order valence-corrected chi connectivity index (χ1v) is 9.64. The number of hydrogen-bond donors (Lipinski definition) is 0. The van der Waals surface area contributed by atoms with Crippen LogP contribution in [0.2, 0.25) is 0 Å². The van der Waals surface area contributed by atoms with Crippen molar-refractivity contribution in [2.24, 2.45) is 5.92 Å². The molecule has 0 aliphatic carbocycles. The predicted molar refractivity (Wildman–Crippen MR) is 113 cm³/mol. The second-order valence-corrected chi connectivity index (χ2v) is 7.41. The van der Waals surface area contributed by atoms with Crippen LogP contribution in [0.25, 0.3) is 0 Å². The molecule has 26 heavy (non-hydrogen) atoms. The van der Waals surface area contributed by atoms with E-state index in [-0.39, 0.29) is 11.7 Å². The Morgan fingerprint density at radius 2 is 1.62 bits per heavy atom. The van der Waals surface area contributed by atoms with E-state index in [2.05, 4.69) is 57.7 Å². The highest BCUT2D eigenvalue weighted by Crippen LogP contribution is 2.13. The maximum absolute atomic E-state index is 11.9. The van der Waals surface area contributed by atoms with Crippen molar-refractivity contribution in [3.05, 3.63) is 76.6 Å². The van der Waals surface area contributed by atoms with Crippen molar-refractivity contribution < 1.29 is 4.79 Å². The summed E-state index contributed by atoms with van der Waals surface area (Å²) in [6.45, 7) is 10.3. The van der Waals surface area contributed by atoms with Gasteiger partial charge in [-0.15, -0.1) is 5.73 Å². The molecule has 0 aromatic heterocycles. The molecule has 1 aromatic rings. The highest BCUT2D eigenvalue weighted by Gasteiger charge is 2.11. The Morgan fingerprint density at radius 1 is 0.962 bits per heavy atom. The van der Waals surface area contributed by atoms with Crippen LogP contribution in [0.3, 0.4) is 0 Å². The first-order chi connectivity index (χ1) is 12.4. The summed E-state index contributed by atoms with van der Waals surface area (Å²) in [5.41, 5.74) is 8.58. The van der Waals surface area contributed by atoms with Gasteiger partial charge in [0, 0.05) is 5.92 Å². The molecule has 0 bridgehead atoms. The minimum absolute atomic E-state index is 0.0892. The molecule has 0 aliphatic rings. The van der Waals surface area contributed by atoms with Gasteiger partial charge in [0.1, 0.15) is 5.78 Å². The molecule has 0 radical (unpaired) electrons. The van der Waals surface area contributed by atoms with Gasteiger partial charge < -0.3 is 0 Å². The average molecular weight is 351 g/mol. The number of allylic oxidation sites excluding steroid dienone is 5. The summed E-state index contributed by atoms with van der Waals surface area (Å²) in [6, 6.07) is 10.2. The van der Waals surface area contributed by atoms with Gasteiger partial charge in [-0.05, 0) is 83.9 Å². The molecule has 0 heterocycles. The van der Waals surface area contributed by atoms with Crippen molar-refractivity contribution in [2.75, 3.05) is 0 Å². The molecule has 0 N–H and O–H groups in total. The lowest BCUT2D eigenvalue weighted by molar-refractivity contribution is -0.119. The van der Waals surface area contributed by atoms with Gasteiger partial charge in [0.05, 0.1) is 0 Å². The Kier molecular flexibility index (Phi) is 10.4. The van der Waals surface area contributed by atoms with Gasteiger partial charge >= 0.3 is 0 Å². The number of carbonyl (C=O) groups excluding carboxylic acids is 1. The summed E-state index contributed by atoms with van der Waals surface area (Å²) >= 11 is 0. The Hall–Kier alpha value is -2.11. The Balaban J connectivity index is 2.57. The molecular formula is C25H34O. The number of benzene rings is 1. The smallest absolute Gasteiger partial charge is 0.137 e. The van der Waals surface area contributed by atoms with E-state index < -0.39 is 0 Å². The van der Waals surface area contributed by atoms with Crippen LogP contribution < -0.4 is 0 Å². The second kappa shape index (κ2) is 12.3. The van der Waals surface area contributed by atoms with Crippen molar-refractivity contribution in [2.45, 2.75) is 66.7 Å². The van der Waals surface area contributed by atoms with E-state index in [1.54, 1.807) is 6.92 Å². The molecule has 0 spiro atoms. The van der Waals surface area contributed by atoms with E-state index in [9.17, 15) is 4.79 Å². The highest BCUT2D eigenvalue weighted by atomic mass is 16.1. The van der Waals surface area contributed by atoms with E-state index in [1.807, 2.05) is 24.3 Å². The van der Waals surface area contributed by atoms with Gasteiger partial charge in [-0.25, -0.2) is 0 Å². The number of carbonyl (C=O) groups is 1. The summed E-state index contributed by atoms with van der Waals surface area (Å²) in [5.74, 6) is 0.109. The van der Waals surface area contributed by atoms with Crippen LogP contribution in [0.15, 0.2) is 71.0 Å². The van der Waals surface area contributed by atoms with Crippen molar-refractivity contribution in [3.63, 3.8) is 0 Å². The van der Waals surface area contributed by atoms with Crippen LogP contribution >= 0.6 is 0 Å². The predicted octanol–water partition coefficient (Wildman–Crippen LogP) is 7.01. The third-order valence-electron chi connectivity index (χ3n) is 4.45. The molecule has 1 atom stereocenters. The standard InChI is InChI=1S/C25H34O/c1-20(2)11-9-12-21(3)13-10-14-22(4)17-18-25(23(5)26)19-24-15-7-6-8-16-24/h6-8,11,13,15-16,18,25H,9-10,12,14,19H2,1-5H3. The van der Waals surface area contributed by atoms with Crippen LogP contribution in [-0.4, -0.2) is 5.78 Å². The van der Waals surface area contributed by atoms with E-state index >= 15 is 0 Å². The fourth-order valence-corrected chi connectivity index (χ4v) is 2.73. The van der Waals surface area contributed by atoms with Gasteiger partial charge in [0.2, 0.25) is 0 Å². The van der Waals surface area contributed by atoms with Gasteiger partial charge in [-0.1, -0.05) is 53.6 Å². The van der Waals surface area contributed by atoms with Crippen LogP contribution in [-0.2, 0) is 11.2 Å². The van der Waals surface area contributed by atoms with Gasteiger partial charge in [-0.2, -0.15) is 0 Å². The first kappa shape index (κ1) is 21.9. The molecule has 0 fully saturated rings. The van der Waals surface area contributed by atoms with E-state index in [0.29, 0.717) is 0 Å². The first-order valence-electron chi connectivity index (χ1n) is 9.64. The van der Waals surface area contributed by atoms with Gasteiger partial charge in [0.25, 0.3) is 0 Å². The Bertz CT molecular complexity index is 678. The molecule has 1 rings (SSSR count). The monoisotopic (exact) mass is 350 g/mol. The number of ketones is 1. The van der Waals surface area contributed by atoms with Crippen LogP contribution in [0.4, 0.5) is 0 Å². The average Bonchev–Trinajstić information content (AvgIpc) is 2.59. The Morgan fingerprint density at radius 3 is 2.23 bits per heavy atom. The van der Waals surface area contributed by atoms with Crippen molar-refractivity contribution in [3.8, 4) is 0 Å². The summed E-state index contributed by atoms with van der Waals surface area (Å²) in [5, 5.41) is 0. The van der Waals surface area contributed by atoms with Gasteiger partial charge in [0.15, 0.2) is 0 Å². The lowest BCUT2D eigenvalue weighted by Crippen LogP contribution is -2.10. The zero-order valence-corrected chi connectivity index (χ0v) is 17.1. The molecule has 1 unspecified atom stereocenters. The zero-order chi connectivity index (χ0) is 19.4. The normalized spacial score (nSPS) is 12.1. The maximum atomic E-state index is 11.9. The number of rotatable bonds is 10.